The van der Waals surface area contributed by atoms with Crippen molar-refractivity contribution in [3.8, 4) is 0 Å². The third kappa shape index (κ3) is 5.25. The lowest BCUT2D eigenvalue weighted by atomic mass is 10.2. The lowest BCUT2D eigenvalue weighted by Crippen LogP contribution is -2.48. The predicted octanol–water partition coefficient (Wildman–Crippen LogP) is 1.25. The molecular formula is C17H26N4O2. The standard InChI is InChI=1S/C17H26N4O2/c1-14(22)21-12-10-20(11-13-21)9-8-17(23)18-15-4-6-16(7-5-15)19(2)3/h4-7H,8-13H2,1-3H3,(H,18,23). The maximum atomic E-state index is 12.0. The molecule has 2 amide bonds. The van der Waals surface area contributed by atoms with Crippen LogP contribution in [0.25, 0.3) is 0 Å². The minimum absolute atomic E-state index is 0.0246. The maximum absolute atomic E-state index is 12.0. The van der Waals surface area contributed by atoms with Crippen LogP contribution in [0.2, 0.25) is 0 Å². The summed E-state index contributed by atoms with van der Waals surface area (Å²) >= 11 is 0. The van der Waals surface area contributed by atoms with Crippen molar-refractivity contribution in [1.82, 2.24) is 9.80 Å². The van der Waals surface area contributed by atoms with Gasteiger partial charge in [-0.2, -0.15) is 0 Å². The normalized spacial score (nSPS) is 15.3. The summed E-state index contributed by atoms with van der Waals surface area (Å²) in [7, 11) is 3.97. The van der Waals surface area contributed by atoms with Crippen LogP contribution >= 0.6 is 0 Å². The molecule has 0 aliphatic carbocycles. The fourth-order valence-corrected chi connectivity index (χ4v) is 2.61. The second kappa shape index (κ2) is 7.97. The van der Waals surface area contributed by atoms with Gasteiger partial charge >= 0.3 is 0 Å². The molecule has 0 atom stereocenters. The Morgan fingerprint density at radius 3 is 2.22 bits per heavy atom. The zero-order valence-electron chi connectivity index (χ0n) is 14.2. The summed E-state index contributed by atoms with van der Waals surface area (Å²) in [5.74, 6) is 0.153. The molecule has 1 aliphatic rings. The number of benzene rings is 1. The van der Waals surface area contributed by atoms with Crippen molar-refractivity contribution in [2.75, 3.05) is 57.0 Å². The molecule has 6 heteroatoms. The van der Waals surface area contributed by atoms with Gasteiger partial charge in [0, 0.05) is 71.5 Å². The number of rotatable bonds is 5. The lowest BCUT2D eigenvalue weighted by molar-refractivity contribution is -0.130. The van der Waals surface area contributed by atoms with Gasteiger partial charge in [-0.15, -0.1) is 0 Å². The molecule has 1 heterocycles. The molecule has 0 unspecified atom stereocenters. The van der Waals surface area contributed by atoms with Crippen LogP contribution in [0, 0.1) is 0 Å². The van der Waals surface area contributed by atoms with Gasteiger partial charge in [0.15, 0.2) is 0 Å². The van der Waals surface area contributed by atoms with Gasteiger partial charge in [-0.3, -0.25) is 14.5 Å². The van der Waals surface area contributed by atoms with Crippen LogP contribution in [-0.2, 0) is 9.59 Å². The fraction of sp³-hybridized carbons (Fsp3) is 0.529. The number of hydrogen-bond donors (Lipinski definition) is 1. The molecule has 0 spiro atoms. The van der Waals surface area contributed by atoms with Gasteiger partial charge < -0.3 is 15.1 Å². The summed E-state index contributed by atoms with van der Waals surface area (Å²) in [5, 5.41) is 2.93. The smallest absolute Gasteiger partial charge is 0.225 e. The zero-order chi connectivity index (χ0) is 16.8. The Morgan fingerprint density at radius 2 is 1.70 bits per heavy atom. The molecule has 1 aromatic rings. The molecule has 0 aromatic heterocycles. The van der Waals surface area contributed by atoms with E-state index in [4.69, 9.17) is 0 Å². The minimum atomic E-state index is 0.0246. The average molecular weight is 318 g/mol. The first kappa shape index (κ1) is 17.3. The van der Waals surface area contributed by atoms with Gasteiger partial charge in [0.25, 0.3) is 0 Å². The van der Waals surface area contributed by atoms with Gasteiger partial charge in [-0.05, 0) is 24.3 Å². The molecule has 1 saturated heterocycles. The van der Waals surface area contributed by atoms with Crippen molar-refractivity contribution < 1.29 is 9.59 Å². The number of piperazine rings is 1. The highest BCUT2D eigenvalue weighted by molar-refractivity contribution is 5.91. The van der Waals surface area contributed by atoms with Crippen LogP contribution in [0.4, 0.5) is 11.4 Å². The first-order valence-electron chi connectivity index (χ1n) is 8.01. The predicted molar refractivity (Wildman–Crippen MR) is 92.7 cm³/mol. The number of carbonyl (C=O) groups is 2. The summed E-state index contributed by atoms with van der Waals surface area (Å²) in [6.45, 7) is 5.51. The van der Waals surface area contributed by atoms with E-state index in [2.05, 4.69) is 10.2 Å². The Morgan fingerprint density at radius 1 is 1.09 bits per heavy atom. The highest BCUT2D eigenvalue weighted by Crippen LogP contribution is 2.15. The van der Waals surface area contributed by atoms with Crippen LogP contribution in [0.1, 0.15) is 13.3 Å². The molecule has 6 nitrogen and oxygen atoms in total. The number of hydrogen-bond acceptors (Lipinski definition) is 4. The first-order chi connectivity index (χ1) is 11.0. The molecule has 2 rings (SSSR count). The SMILES string of the molecule is CC(=O)N1CCN(CCC(=O)Nc2ccc(N(C)C)cc2)CC1. The summed E-state index contributed by atoms with van der Waals surface area (Å²) in [4.78, 5) is 29.4. The molecule has 1 aliphatic heterocycles. The highest BCUT2D eigenvalue weighted by Gasteiger charge is 2.18. The van der Waals surface area contributed by atoms with Gasteiger partial charge in [0.05, 0.1) is 0 Å². The molecular weight excluding hydrogens is 292 g/mol. The quantitative estimate of drug-likeness (QED) is 0.888. The summed E-state index contributed by atoms with van der Waals surface area (Å²) < 4.78 is 0. The second-order valence-corrected chi connectivity index (χ2v) is 6.09. The topological polar surface area (TPSA) is 55.9 Å². The largest absolute Gasteiger partial charge is 0.378 e. The second-order valence-electron chi connectivity index (χ2n) is 6.09. The Labute approximate surface area is 138 Å². The lowest BCUT2D eigenvalue weighted by Gasteiger charge is -2.34. The summed E-state index contributed by atoms with van der Waals surface area (Å²) in [6, 6.07) is 7.80. The van der Waals surface area contributed by atoms with E-state index < -0.39 is 0 Å². The van der Waals surface area contributed by atoms with Crippen LogP contribution in [0.3, 0.4) is 0 Å². The van der Waals surface area contributed by atoms with Crippen molar-refractivity contribution in [2.45, 2.75) is 13.3 Å². The summed E-state index contributed by atoms with van der Waals surface area (Å²) in [5.41, 5.74) is 1.92. The molecule has 126 valence electrons. The van der Waals surface area contributed by atoms with Crippen LogP contribution in [0.5, 0.6) is 0 Å². The van der Waals surface area contributed by atoms with Gasteiger partial charge in [0.1, 0.15) is 0 Å². The Bertz CT molecular complexity index is 534. The molecule has 1 N–H and O–H groups in total. The van der Waals surface area contributed by atoms with Gasteiger partial charge in [-0.25, -0.2) is 0 Å². The van der Waals surface area contributed by atoms with Gasteiger partial charge in [0.2, 0.25) is 11.8 Å². The van der Waals surface area contributed by atoms with Crippen molar-refractivity contribution in [2.24, 2.45) is 0 Å². The first-order valence-corrected chi connectivity index (χ1v) is 8.01. The number of nitrogens with zero attached hydrogens (tertiary/aromatic N) is 3. The Hall–Kier alpha value is -2.08. The number of carbonyl (C=O) groups excluding carboxylic acids is 2. The van der Waals surface area contributed by atoms with Crippen LogP contribution in [0.15, 0.2) is 24.3 Å². The molecule has 0 radical (unpaired) electrons. The van der Waals surface area contributed by atoms with Crippen molar-refractivity contribution in [3.05, 3.63) is 24.3 Å². The molecule has 23 heavy (non-hydrogen) atoms. The van der Waals surface area contributed by atoms with E-state index in [1.807, 2.05) is 48.2 Å². The monoisotopic (exact) mass is 318 g/mol. The number of anilines is 2. The van der Waals surface area contributed by atoms with E-state index >= 15 is 0 Å². The summed E-state index contributed by atoms with van der Waals surface area (Å²) in [6.07, 6.45) is 0.468. The fourth-order valence-electron chi connectivity index (χ4n) is 2.61. The minimum Gasteiger partial charge on any atom is -0.378 e. The molecule has 0 bridgehead atoms. The van der Waals surface area contributed by atoms with E-state index in [0.29, 0.717) is 6.42 Å². The Kier molecular flexibility index (Phi) is 5.98. The molecule has 1 aromatic carbocycles. The van der Waals surface area contributed by atoms with Crippen molar-refractivity contribution >= 4 is 23.2 Å². The van der Waals surface area contributed by atoms with E-state index in [1.165, 1.54) is 0 Å². The Balaban J connectivity index is 1.72. The van der Waals surface area contributed by atoms with E-state index in [1.54, 1.807) is 6.92 Å². The third-order valence-corrected chi connectivity index (χ3v) is 4.14. The average Bonchev–Trinajstić information content (AvgIpc) is 2.54. The van der Waals surface area contributed by atoms with Crippen molar-refractivity contribution in [1.29, 1.82) is 0 Å². The van der Waals surface area contributed by atoms with E-state index in [-0.39, 0.29) is 11.8 Å². The van der Waals surface area contributed by atoms with E-state index in [0.717, 1.165) is 44.1 Å². The maximum Gasteiger partial charge on any atom is 0.225 e. The van der Waals surface area contributed by atoms with Crippen LogP contribution < -0.4 is 10.2 Å². The van der Waals surface area contributed by atoms with E-state index in [9.17, 15) is 9.59 Å². The number of amides is 2. The zero-order valence-corrected chi connectivity index (χ0v) is 14.2. The molecule has 0 saturated carbocycles. The van der Waals surface area contributed by atoms with Gasteiger partial charge in [-0.1, -0.05) is 0 Å². The molecule has 1 fully saturated rings. The van der Waals surface area contributed by atoms with Crippen molar-refractivity contribution in [3.63, 3.8) is 0 Å². The highest BCUT2D eigenvalue weighted by atomic mass is 16.2. The number of nitrogens with one attached hydrogen (secondary N) is 1. The third-order valence-electron chi connectivity index (χ3n) is 4.14. The van der Waals surface area contributed by atoms with Crippen LogP contribution in [-0.4, -0.2) is 68.4 Å².